The average Bonchev–Trinajstić information content (AvgIpc) is 3.33. The molecule has 27 heavy (non-hydrogen) atoms. The van der Waals surface area contributed by atoms with E-state index in [2.05, 4.69) is 63.2 Å². The van der Waals surface area contributed by atoms with E-state index in [0.717, 1.165) is 12.1 Å². The minimum absolute atomic E-state index is 0.0382. The number of aliphatic imine (C=N–C) groups is 1. The summed E-state index contributed by atoms with van der Waals surface area (Å²) < 4.78 is 7.90. The van der Waals surface area contributed by atoms with Gasteiger partial charge in [0.15, 0.2) is 0 Å². The van der Waals surface area contributed by atoms with Gasteiger partial charge in [0, 0.05) is 0 Å². The molecule has 2 aliphatic rings. The van der Waals surface area contributed by atoms with Crippen LogP contribution in [0.5, 0.6) is 0 Å². The second-order valence-electron chi connectivity index (χ2n) is 8.39. The van der Waals surface area contributed by atoms with Crippen LogP contribution in [0.15, 0.2) is 47.5 Å². The fourth-order valence-corrected chi connectivity index (χ4v) is 6.89. The van der Waals surface area contributed by atoms with Crippen LogP contribution < -0.4 is 3.58 Å². The van der Waals surface area contributed by atoms with Crippen molar-refractivity contribution in [3.8, 4) is 0 Å². The van der Waals surface area contributed by atoms with E-state index in [9.17, 15) is 4.79 Å². The van der Waals surface area contributed by atoms with Crippen molar-refractivity contribution in [2.75, 3.05) is 6.61 Å². The standard InChI is InChI=1S/C23H25NO2.Sn/c1-5-26-22(25)21-14-20(21)17-9-7-11-19(13-17)24-15-16-8-6-10-18(12-16)23(2,3)4;/h6-10,12-13,20-21H,5,14H2,1-4H3;. The molecule has 2 aromatic rings. The third-order valence-electron chi connectivity index (χ3n) is 5.32. The van der Waals surface area contributed by atoms with Gasteiger partial charge in [0.05, 0.1) is 0 Å². The van der Waals surface area contributed by atoms with Crippen molar-refractivity contribution in [2.45, 2.75) is 45.4 Å². The van der Waals surface area contributed by atoms with Gasteiger partial charge < -0.3 is 0 Å². The molecule has 1 saturated carbocycles. The Morgan fingerprint density at radius 3 is 2.78 bits per heavy atom. The molecule has 2 radical (unpaired) electrons. The molecule has 2 aromatic carbocycles. The van der Waals surface area contributed by atoms with E-state index < -0.39 is 21.1 Å². The molecule has 1 aliphatic heterocycles. The van der Waals surface area contributed by atoms with E-state index in [1.165, 1.54) is 24.0 Å². The Bertz CT molecular complexity index is 926. The zero-order chi connectivity index (χ0) is 19.2. The van der Waals surface area contributed by atoms with Gasteiger partial charge in [-0.3, -0.25) is 0 Å². The molecule has 4 heteroatoms. The van der Waals surface area contributed by atoms with Crippen LogP contribution in [-0.2, 0) is 14.9 Å². The van der Waals surface area contributed by atoms with Crippen molar-refractivity contribution in [1.29, 1.82) is 0 Å². The number of fused-ring (bicyclic) bond motifs is 1. The van der Waals surface area contributed by atoms with Crippen LogP contribution in [0.4, 0.5) is 5.69 Å². The van der Waals surface area contributed by atoms with Crippen LogP contribution in [0.2, 0.25) is 0 Å². The third-order valence-corrected chi connectivity index (χ3v) is 9.11. The Balaban J connectivity index is 1.56. The fraction of sp³-hybridized carbons (Fsp3) is 0.391. The summed E-state index contributed by atoms with van der Waals surface area (Å²) in [6.45, 7) is 9.07. The van der Waals surface area contributed by atoms with Crippen molar-refractivity contribution < 1.29 is 9.53 Å². The van der Waals surface area contributed by atoms with Crippen molar-refractivity contribution in [3.05, 3.63) is 59.2 Å². The summed E-state index contributed by atoms with van der Waals surface area (Å²) in [6.07, 6.45) is 0.905. The summed E-state index contributed by atoms with van der Waals surface area (Å²) in [5.74, 6) is 0.294. The summed E-state index contributed by atoms with van der Waals surface area (Å²) in [6, 6.07) is 15.5. The molecule has 0 N–H and O–H groups in total. The molecule has 4 rings (SSSR count). The second-order valence-corrected chi connectivity index (χ2v) is 12.0. The molecule has 0 saturated heterocycles. The molecule has 0 amide bonds. The van der Waals surface area contributed by atoms with Crippen LogP contribution in [0.1, 0.15) is 56.7 Å². The van der Waals surface area contributed by atoms with Gasteiger partial charge in [-0.25, -0.2) is 0 Å². The van der Waals surface area contributed by atoms with Crippen LogP contribution in [0.3, 0.4) is 0 Å². The van der Waals surface area contributed by atoms with Crippen molar-refractivity contribution in [2.24, 2.45) is 10.9 Å². The monoisotopic (exact) mass is 467 g/mol. The van der Waals surface area contributed by atoms with Crippen LogP contribution in [-0.4, -0.2) is 37.4 Å². The first kappa shape index (κ1) is 18.7. The molecule has 138 valence electrons. The molecule has 1 fully saturated rings. The van der Waals surface area contributed by atoms with Crippen LogP contribution in [0.25, 0.3) is 0 Å². The normalized spacial score (nSPS) is 20.8. The number of hydrogen-bond acceptors (Lipinski definition) is 3. The molecular weight excluding hydrogens is 441 g/mol. The minimum atomic E-state index is -0.869. The Kier molecular flexibility index (Phi) is 4.91. The summed E-state index contributed by atoms with van der Waals surface area (Å²) >= 11 is -0.869. The second kappa shape index (κ2) is 7.08. The summed E-state index contributed by atoms with van der Waals surface area (Å²) in [4.78, 5) is 16.9. The van der Waals surface area contributed by atoms with Gasteiger partial charge in [-0.15, -0.1) is 0 Å². The first-order valence-corrected chi connectivity index (χ1v) is 12.5. The van der Waals surface area contributed by atoms with E-state index in [1.54, 1.807) is 0 Å². The first-order chi connectivity index (χ1) is 12.9. The molecule has 0 bridgehead atoms. The van der Waals surface area contributed by atoms with E-state index in [-0.39, 0.29) is 17.3 Å². The topological polar surface area (TPSA) is 38.7 Å². The van der Waals surface area contributed by atoms with Gasteiger partial charge in [0.2, 0.25) is 0 Å². The number of nitrogens with zero attached hydrogens (tertiary/aromatic N) is 1. The number of hydrogen-bond donors (Lipinski definition) is 0. The predicted molar refractivity (Wildman–Crippen MR) is 111 cm³/mol. The number of ether oxygens (including phenoxy) is 1. The first-order valence-electron chi connectivity index (χ1n) is 9.64. The quantitative estimate of drug-likeness (QED) is 0.504. The van der Waals surface area contributed by atoms with Crippen molar-refractivity contribution in [1.82, 2.24) is 0 Å². The third kappa shape index (κ3) is 3.84. The maximum absolute atomic E-state index is 11.9. The van der Waals surface area contributed by atoms with E-state index in [4.69, 9.17) is 9.73 Å². The zero-order valence-electron chi connectivity index (χ0n) is 16.4. The van der Waals surface area contributed by atoms with Crippen molar-refractivity contribution >= 4 is 40.1 Å². The Hall–Kier alpha value is -1.62. The fourth-order valence-electron chi connectivity index (χ4n) is 3.60. The molecule has 1 aliphatic carbocycles. The summed E-state index contributed by atoms with van der Waals surface area (Å²) in [5.41, 5.74) is 5.15. The average molecular weight is 466 g/mol. The molecule has 1 heterocycles. The number of benzene rings is 2. The maximum atomic E-state index is 11.9. The zero-order valence-corrected chi connectivity index (χ0v) is 19.2. The Labute approximate surface area is 171 Å². The van der Waals surface area contributed by atoms with E-state index in [0.29, 0.717) is 12.5 Å². The van der Waals surface area contributed by atoms with Crippen LogP contribution in [0, 0.1) is 5.92 Å². The SMILES string of the molecule is CCOC(=O)C1CC1c1cc[c]2c(c1)N=[C](c1cccc(C(C)(C)C)c1)[Sn]2. The van der Waals surface area contributed by atoms with Crippen LogP contribution >= 0.6 is 0 Å². The summed E-state index contributed by atoms with van der Waals surface area (Å²) in [7, 11) is 0. The van der Waals surface area contributed by atoms with E-state index >= 15 is 0 Å². The molecular formula is C23H25NO2Sn. The molecule has 0 aromatic heterocycles. The van der Waals surface area contributed by atoms with Gasteiger partial charge in [-0.2, -0.15) is 0 Å². The van der Waals surface area contributed by atoms with Gasteiger partial charge in [0.1, 0.15) is 0 Å². The number of carbonyl (C=O) groups is 1. The Morgan fingerprint density at radius 2 is 2.04 bits per heavy atom. The number of carbonyl (C=O) groups excluding carboxylic acids is 1. The summed E-state index contributed by atoms with van der Waals surface area (Å²) in [5, 5.41) is 0. The van der Waals surface area contributed by atoms with Gasteiger partial charge in [-0.05, 0) is 0 Å². The molecule has 2 unspecified atom stereocenters. The van der Waals surface area contributed by atoms with Gasteiger partial charge in [0.25, 0.3) is 0 Å². The van der Waals surface area contributed by atoms with Gasteiger partial charge in [-0.1, -0.05) is 0 Å². The predicted octanol–water partition coefficient (Wildman–Crippen LogP) is 4.07. The Morgan fingerprint density at radius 1 is 1.22 bits per heavy atom. The number of esters is 1. The number of rotatable bonds is 4. The van der Waals surface area contributed by atoms with E-state index in [1.807, 2.05) is 6.92 Å². The molecule has 2 atom stereocenters. The molecule has 0 spiro atoms. The van der Waals surface area contributed by atoms with Gasteiger partial charge >= 0.3 is 172 Å². The molecule has 3 nitrogen and oxygen atoms in total. The van der Waals surface area contributed by atoms with Crippen molar-refractivity contribution in [3.63, 3.8) is 0 Å².